The molecule has 28 heavy (non-hydrogen) atoms. The molecule has 3 heteroatoms. The van der Waals surface area contributed by atoms with Crippen LogP contribution in [0.15, 0.2) is 48.5 Å². The standard InChI is InChI=1S/C25H28N2O/c1-16-9-10-20(19(4)12-16)24-13-22(21-7-5-6-8-23(21)26-24)25(28)27-14-17(2)11-18(3)15-27/h5-10,12-13,17-18H,11,14-15H2,1-4H3/t17-,18-/m0/s1. The van der Waals surface area contributed by atoms with Crippen LogP contribution < -0.4 is 0 Å². The highest BCUT2D eigenvalue weighted by molar-refractivity contribution is 6.07. The molecule has 1 amide bonds. The van der Waals surface area contributed by atoms with E-state index in [1.807, 2.05) is 35.2 Å². The van der Waals surface area contributed by atoms with Crippen molar-refractivity contribution in [2.75, 3.05) is 13.1 Å². The predicted octanol–water partition coefficient (Wildman–Crippen LogP) is 5.64. The van der Waals surface area contributed by atoms with Crippen LogP contribution in [0.1, 0.15) is 41.8 Å². The second-order valence-electron chi connectivity index (χ2n) is 8.55. The van der Waals surface area contributed by atoms with Gasteiger partial charge in [0.25, 0.3) is 5.91 Å². The van der Waals surface area contributed by atoms with Gasteiger partial charge in [-0.1, -0.05) is 55.8 Å². The van der Waals surface area contributed by atoms with Crippen LogP contribution in [-0.2, 0) is 0 Å². The Labute approximate surface area is 167 Å². The van der Waals surface area contributed by atoms with Gasteiger partial charge in [-0.2, -0.15) is 0 Å². The maximum Gasteiger partial charge on any atom is 0.254 e. The number of carbonyl (C=O) groups excluding carboxylic acids is 1. The molecular formula is C25H28N2O. The van der Waals surface area contributed by atoms with Gasteiger partial charge in [-0.3, -0.25) is 4.79 Å². The number of aromatic nitrogens is 1. The summed E-state index contributed by atoms with van der Waals surface area (Å²) in [6.45, 7) is 10.3. The first-order valence-corrected chi connectivity index (χ1v) is 10.2. The van der Waals surface area contributed by atoms with Crippen molar-refractivity contribution in [3.8, 4) is 11.3 Å². The Morgan fingerprint density at radius 2 is 1.71 bits per heavy atom. The Bertz CT molecular complexity index is 1030. The fourth-order valence-electron chi connectivity index (χ4n) is 4.59. The van der Waals surface area contributed by atoms with Crippen LogP contribution in [0.5, 0.6) is 0 Å². The van der Waals surface area contributed by atoms with E-state index in [4.69, 9.17) is 4.98 Å². The largest absolute Gasteiger partial charge is 0.338 e. The molecule has 0 aliphatic carbocycles. The van der Waals surface area contributed by atoms with E-state index in [1.165, 1.54) is 17.5 Å². The Kier molecular flexibility index (Phi) is 4.92. The van der Waals surface area contributed by atoms with E-state index < -0.39 is 0 Å². The predicted molar refractivity (Wildman–Crippen MR) is 116 cm³/mol. The second-order valence-corrected chi connectivity index (χ2v) is 8.55. The molecule has 2 atom stereocenters. The van der Waals surface area contributed by atoms with Crippen molar-refractivity contribution in [3.05, 3.63) is 65.2 Å². The van der Waals surface area contributed by atoms with E-state index in [-0.39, 0.29) is 5.91 Å². The third kappa shape index (κ3) is 3.54. The van der Waals surface area contributed by atoms with E-state index in [1.54, 1.807) is 0 Å². The molecule has 0 spiro atoms. The third-order valence-corrected chi connectivity index (χ3v) is 5.76. The van der Waals surface area contributed by atoms with Gasteiger partial charge in [-0.05, 0) is 49.8 Å². The van der Waals surface area contributed by atoms with Crippen molar-refractivity contribution in [2.24, 2.45) is 11.8 Å². The Morgan fingerprint density at radius 3 is 2.43 bits per heavy atom. The van der Waals surface area contributed by atoms with Crippen molar-refractivity contribution in [1.29, 1.82) is 0 Å². The van der Waals surface area contributed by atoms with Gasteiger partial charge >= 0.3 is 0 Å². The maximum absolute atomic E-state index is 13.5. The van der Waals surface area contributed by atoms with Crippen LogP contribution in [0.4, 0.5) is 0 Å². The lowest BCUT2D eigenvalue weighted by Crippen LogP contribution is -2.42. The first kappa shape index (κ1) is 18.7. The average Bonchev–Trinajstić information content (AvgIpc) is 2.66. The second kappa shape index (κ2) is 7.38. The summed E-state index contributed by atoms with van der Waals surface area (Å²) in [4.78, 5) is 20.4. The molecule has 1 saturated heterocycles. The molecule has 3 aromatic rings. The molecule has 0 radical (unpaired) electrons. The van der Waals surface area contributed by atoms with Crippen molar-refractivity contribution < 1.29 is 4.79 Å². The molecule has 0 N–H and O–H groups in total. The number of para-hydroxylation sites is 1. The summed E-state index contributed by atoms with van der Waals surface area (Å²) in [6.07, 6.45) is 1.19. The molecule has 144 valence electrons. The van der Waals surface area contributed by atoms with Gasteiger partial charge in [0.05, 0.1) is 16.8 Å². The zero-order valence-corrected chi connectivity index (χ0v) is 17.2. The molecule has 4 rings (SSSR count). The Hall–Kier alpha value is -2.68. The van der Waals surface area contributed by atoms with Crippen LogP contribution in [0.2, 0.25) is 0 Å². The highest BCUT2D eigenvalue weighted by Gasteiger charge is 2.27. The van der Waals surface area contributed by atoms with Crippen LogP contribution >= 0.6 is 0 Å². The topological polar surface area (TPSA) is 33.2 Å². The van der Waals surface area contributed by atoms with Gasteiger partial charge in [0, 0.05) is 24.0 Å². The van der Waals surface area contributed by atoms with Crippen molar-refractivity contribution in [1.82, 2.24) is 9.88 Å². The third-order valence-electron chi connectivity index (χ3n) is 5.76. The summed E-state index contributed by atoms with van der Waals surface area (Å²) < 4.78 is 0. The summed E-state index contributed by atoms with van der Waals surface area (Å²) in [7, 11) is 0. The molecule has 0 saturated carbocycles. The zero-order chi connectivity index (χ0) is 19.8. The van der Waals surface area contributed by atoms with Gasteiger partial charge in [0.2, 0.25) is 0 Å². The van der Waals surface area contributed by atoms with Crippen LogP contribution in [0.3, 0.4) is 0 Å². The van der Waals surface area contributed by atoms with E-state index in [9.17, 15) is 4.79 Å². The van der Waals surface area contributed by atoms with Gasteiger partial charge in [0.15, 0.2) is 0 Å². The number of hydrogen-bond donors (Lipinski definition) is 0. The molecular weight excluding hydrogens is 344 g/mol. The van der Waals surface area contributed by atoms with E-state index >= 15 is 0 Å². The molecule has 1 fully saturated rings. The monoisotopic (exact) mass is 372 g/mol. The number of rotatable bonds is 2. The lowest BCUT2D eigenvalue weighted by molar-refractivity contribution is 0.0625. The maximum atomic E-state index is 13.5. The number of pyridine rings is 1. The van der Waals surface area contributed by atoms with Crippen molar-refractivity contribution in [2.45, 2.75) is 34.1 Å². The number of hydrogen-bond acceptors (Lipinski definition) is 2. The summed E-state index contributed by atoms with van der Waals surface area (Å²) in [5, 5.41) is 0.937. The smallest absolute Gasteiger partial charge is 0.254 e. The van der Waals surface area contributed by atoms with E-state index in [0.29, 0.717) is 11.8 Å². The average molecular weight is 373 g/mol. The number of amides is 1. The molecule has 0 bridgehead atoms. The summed E-state index contributed by atoms with van der Waals surface area (Å²) >= 11 is 0. The van der Waals surface area contributed by atoms with Crippen molar-refractivity contribution in [3.63, 3.8) is 0 Å². The lowest BCUT2D eigenvalue weighted by atomic mass is 9.91. The summed E-state index contributed by atoms with van der Waals surface area (Å²) in [5.74, 6) is 1.21. The number of carbonyl (C=O) groups is 1. The molecule has 1 aromatic heterocycles. The van der Waals surface area contributed by atoms with Crippen molar-refractivity contribution >= 4 is 16.8 Å². The van der Waals surface area contributed by atoms with E-state index in [2.05, 4.69) is 45.9 Å². The lowest BCUT2D eigenvalue weighted by Gasteiger charge is -2.35. The minimum Gasteiger partial charge on any atom is -0.338 e. The minimum atomic E-state index is 0.128. The minimum absolute atomic E-state index is 0.128. The Balaban J connectivity index is 1.84. The van der Waals surface area contributed by atoms with Crippen LogP contribution in [0, 0.1) is 25.7 Å². The fourth-order valence-corrected chi connectivity index (χ4v) is 4.59. The molecule has 0 unspecified atom stereocenters. The highest BCUT2D eigenvalue weighted by Crippen LogP contribution is 2.30. The quantitative estimate of drug-likeness (QED) is 0.583. The molecule has 3 nitrogen and oxygen atoms in total. The van der Waals surface area contributed by atoms with E-state index in [0.717, 1.165) is 40.8 Å². The first-order chi connectivity index (χ1) is 13.4. The zero-order valence-electron chi connectivity index (χ0n) is 17.2. The number of aryl methyl sites for hydroxylation is 2. The molecule has 1 aliphatic rings. The van der Waals surface area contributed by atoms with Gasteiger partial charge in [-0.15, -0.1) is 0 Å². The fraction of sp³-hybridized carbons (Fsp3) is 0.360. The first-order valence-electron chi connectivity index (χ1n) is 10.2. The van der Waals surface area contributed by atoms with Crippen LogP contribution in [-0.4, -0.2) is 28.9 Å². The number of fused-ring (bicyclic) bond motifs is 1. The number of likely N-dealkylation sites (tertiary alicyclic amines) is 1. The van der Waals surface area contributed by atoms with Gasteiger partial charge in [-0.25, -0.2) is 4.98 Å². The SMILES string of the molecule is Cc1ccc(-c2cc(C(=O)N3C[C@@H](C)C[C@H](C)C3)c3ccccc3n2)c(C)c1. The summed E-state index contributed by atoms with van der Waals surface area (Å²) in [5.41, 5.74) is 6.02. The molecule has 2 aromatic carbocycles. The molecule has 2 heterocycles. The van der Waals surface area contributed by atoms with Gasteiger partial charge in [0.1, 0.15) is 0 Å². The van der Waals surface area contributed by atoms with Gasteiger partial charge < -0.3 is 4.90 Å². The number of benzene rings is 2. The number of nitrogens with zero attached hydrogens (tertiary/aromatic N) is 2. The number of piperidine rings is 1. The molecule has 1 aliphatic heterocycles. The van der Waals surface area contributed by atoms with Crippen LogP contribution in [0.25, 0.3) is 22.2 Å². The summed E-state index contributed by atoms with van der Waals surface area (Å²) in [6, 6.07) is 16.4. The Morgan fingerprint density at radius 1 is 1.00 bits per heavy atom. The highest BCUT2D eigenvalue weighted by atomic mass is 16.2. The normalized spacial score (nSPS) is 19.8.